The number of halogens is 6. The van der Waals surface area contributed by atoms with E-state index >= 15 is 0 Å². The van der Waals surface area contributed by atoms with Gasteiger partial charge in [0, 0.05) is 5.92 Å². The van der Waals surface area contributed by atoms with Gasteiger partial charge in [0.15, 0.2) is 0 Å². The third-order valence-corrected chi connectivity index (χ3v) is 10.7. The second-order valence-electron chi connectivity index (χ2n) is 13.4. The summed E-state index contributed by atoms with van der Waals surface area (Å²) < 4.78 is 88.1. The van der Waals surface area contributed by atoms with Crippen molar-refractivity contribution in [1.29, 1.82) is 0 Å². The Kier molecular flexibility index (Phi) is 8.16. The summed E-state index contributed by atoms with van der Waals surface area (Å²) in [5.74, 6) is -7.47. The highest BCUT2D eigenvalue weighted by Crippen LogP contribution is 2.64. The van der Waals surface area contributed by atoms with Gasteiger partial charge in [0.05, 0.1) is 52.3 Å². The molecule has 1 N–H and O–H groups in total. The molecule has 2 aliphatic carbocycles. The summed E-state index contributed by atoms with van der Waals surface area (Å²) in [6.07, 6.45) is -8.82. The van der Waals surface area contributed by atoms with E-state index in [2.05, 4.69) is 0 Å². The van der Waals surface area contributed by atoms with Crippen LogP contribution in [0.3, 0.4) is 0 Å². The molecule has 3 fully saturated rings. The lowest BCUT2D eigenvalue weighted by atomic mass is 9.51. The van der Waals surface area contributed by atoms with Crippen molar-refractivity contribution in [3.05, 3.63) is 101 Å². The molecule has 4 amide bonds. The Bertz CT molecular complexity index is 1930. The number of imide groups is 2. The van der Waals surface area contributed by atoms with E-state index in [1.54, 1.807) is 67.6 Å². The number of alkyl halides is 6. The lowest BCUT2D eigenvalue weighted by Gasteiger charge is -2.49. The number of anilines is 2. The van der Waals surface area contributed by atoms with Crippen LogP contribution >= 0.6 is 0 Å². The fraction of sp³-hybridized carbons (Fsp3) is 0.351. The molecule has 0 radical (unpaired) electrons. The molecule has 2 aliphatic heterocycles. The number of rotatable bonds is 6. The van der Waals surface area contributed by atoms with Crippen LogP contribution in [0.1, 0.15) is 42.4 Å². The summed E-state index contributed by atoms with van der Waals surface area (Å²) in [5, 5.41) is 9.17. The van der Waals surface area contributed by atoms with E-state index in [9.17, 15) is 45.5 Å². The molecule has 0 unspecified atom stereocenters. The first-order valence-electron chi connectivity index (χ1n) is 16.2. The number of aliphatic hydroxyl groups is 1. The van der Waals surface area contributed by atoms with Gasteiger partial charge in [-0.3, -0.25) is 19.2 Å². The van der Waals surface area contributed by atoms with Crippen LogP contribution in [0.15, 0.2) is 84.4 Å². The van der Waals surface area contributed by atoms with Crippen LogP contribution in [0.5, 0.6) is 5.75 Å². The molecule has 0 bridgehead atoms. The molecule has 14 heteroatoms. The maximum absolute atomic E-state index is 14.5. The van der Waals surface area contributed by atoms with Gasteiger partial charge in [0.2, 0.25) is 23.6 Å². The average molecular weight is 713 g/mol. The van der Waals surface area contributed by atoms with E-state index in [1.807, 2.05) is 0 Å². The Labute approximate surface area is 287 Å². The highest BCUT2D eigenvalue weighted by atomic mass is 19.4. The number of para-hydroxylation sites is 1. The van der Waals surface area contributed by atoms with Crippen molar-refractivity contribution in [2.24, 2.45) is 29.1 Å². The normalized spacial score (nSPS) is 27.7. The van der Waals surface area contributed by atoms with Gasteiger partial charge in [0.1, 0.15) is 12.4 Å². The van der Waals surface area contributed by atoms with Crippen molar-refractivity contribution in [2.75, 3.05) is 23.0 Å². The maximum Gasteiger partial charge on any atom is 0.416 e. The molecule has 0 aromatic heterocycles. The first-order chi connectivity index (χ1) is 24.1. The number of fused-ring (bicyclic) bond motifs is 4. The molecule has 266 valence electrons. The largest absolute Gasteiger partial charge is 0.491 e. The Morgan fingerprint density at radius 2 is 1.41 bits per heavy atom. The smallest absolute Gasteiger partial charge is 0.416 e. The van der Waals surface area contributed by atoms with Crippen molar-refractivity contribution >= 4 is 35.0 Å². The van der Waals surface area contributed by atoms with Crippen LogP contribution in [0.25, 0.3) is 0 Å². The summed E-state index contributed by atoms with van der Waals surface area (Å²) in [4.78, 5) is 58.3. The quantitative estimate of drug-likeness (QED) is 0.177. The van der Waals surface area contributed by atoms with Gasteiger partial charge in [-0.1, -0.05) is 42.0 Å². The van der Waals surface area contributed by atoms with Crippen LogP contribution in [0.2, 0.25) is 0 Å². The summed E-state index contributed by atoms with van der Waals surface area (Å²) >= 11 is 0. The lowest BCUT2D eigenvalue weighted by molar-refractivity contribution is -0.143. The third kappa shape index (κ3) is 5.42. The number of hydrogen-bond acceptors (Lipinski definition) is 6. The van der Waals surface area contributed by atoms with Gasteiger partial charge < -0.3 is 9.84 Å². The van der Waals surface area contributed by atoms with Crippen molar-refractivity contribution in [1.82, 2.24) is 0 Å². The molecule has 3 aromatic rings. The van der Waals surface area contributed by atoms with Gasteiger partial charge >= 0.3 is 12.4 Å². The van der Waals surface area contributed by atoms with Crippen molar-refractivity contribution < 1.29 is 55.4 Å². The number of hydrogen-bond donors (Lipinski definition) is 1. The topological polar surface area (TPSA) is 104 Å². The zero-order chi connectivity index (χ0) is 36.6. The second kappa shape index (κ2) is 12.1. The standard InChI is InChI=1S/C37H30F6N2O6/c1-35-28(32(48)45(34(35)50)22-5-3-2-4-6-22)18-27-25(30(35)19-7-9-24(10-8-19)51-14-13-46)11-12-26-29(27)33(49)44(31(26)47)23-16-20(36(38,39)40)15-21(17-23)37(41,42)43/h2-11,15-17,26-30,46H,12-14,18H2,1H3/t26-,27+,28-,29-,30-,35+/m0/s1. The molecule has 4 aliphatic rings. The number of ether oxygens (including phenoxy) is 1. The first-order valence-corrected chi connectivity index (χ1v) is 16.2. The minimum atomic E-state index is -5.21. The highest BCUT2D eigenvalue weighted by Gasteiger charge is 2.67. The molecule has 3 aromatic carbocycles. The number of carbonyl (C=O) groups excluding carboxylic acids is 4. The number of amides is 4. The van der Waals surface area contributed by atoms with Crippen LogP contribution in [-0.2, 0) is 31.5 Å². The van der Waals surface area contributed by atoms with E-state index in [0.29, 0.717) is 39.6 Å². The summed E-state index contributed by atoms with van der Waals surface area (Å²) in [6.45, 7) is 1.48. The molecular formula is C37H30F6N2O6. The van der Waals surface area contributed by atoms with E-state index in [-0.39, 0.29) is 32.1 Å². The van der Waals surface area contributed by atoms with Crippen LogP contribution in [-0.4, -0.2) is 41.9 Å². The van der Waals surface area contributed by atoms with Crippen molar-refractivity contribution in [3.8, 4) is 5.75 Å². The fourth-order valence-corrected chi connectivity index (χ4v) is 8.46. The van der Waals surface area contributed by atoms with E-state index in [1.165, 1.54) is 0 Å². The Morgan fingerprint density at radius 1 is 0.784 bits per heavy atom. The Balaban J connectivity index is 1.33. The van der Waals surface area contributed by atoms with E-state index in [4.69, 9.17) is 9.84 Å². The first kappa shape index (κ1) is 34.5. The average Bonchev–Trinajstić information content (AvgIpc) is 3.46. The zero-order valence-electron chi connectivity index (χ0n) is 26.9. The Hall–Kier alpha value is -4.98. The van der Waals surface area contributed by atoms with Crippen molar-refractivity contribution in [3.63, 3.8) is 0 Å². The van der Waals surface area contributed by atoms with Gasteiger partial charge in [0.25, 0.3) is 0 Å². The van der Waals surface area contributed by atoms with Gasteiger partial charge in [-0.15, -0.1) is 0 Å². The number of carbonyl (C=O) groups is 4. The van der Waals surface area contributed by atoms with E-state index in [0.717, 1.165) is 4.90 Å². The van der Waals surface area contributed by atoms with Gasteiger partial charge in [-0.25, -0.2) is 9.80 Å². The monoisotopic (exact) mass is 712 g/mol. The third-order valence-electron chi connectivity index (χ3n) is 10.7. The molecule has 6 atom stereocenters. The minimum absolute atomic E-state index is 0.0286. The van der Waals surface area contributed by atoms with Gasteiger partial charge in [-0.2, -0.15) is 26.3 Å². The molecular weight excluding hydrogens is 682 g/mol. The molecule has 2 heterocycles. The number of benzene rings is 3. The van der Waals surface area contributed by atoms with Crippen LogP contribution in [0, 0.1) is 29.1 Å². The van der Waals surface area contributed by atoms with Crippen LogP contribution < -0.4 is 14.5 Å². The summed E-state index contributed by atoms with van der Waals surface area (Å²) in [5.41, 5.74) is -4.04. The maximum atomic E-state index is 14.5. The van der Waals surface area contributed by atoms with Gasteiger partial charge in [-0.05, 0) is 73.7 Å². The van der Waals surface area contributed by atoms with Crippen LogP contribution in [0.4, 0.5) is 37.7 Å². The highest BCUT2D eigenvalue weighted by molar-refractivity contribution is 6.25. The minimum Gasteiger partial charge on any atom is -0.491 e. The molecule has 0 spiro atoms. The number of allylic oxidation sites excluding steroid dienone is 2. The SMILES string of the molecule is C[C@@]12C(=O)N(c3ccccc3)C(=O)[C@@H]1C[C@@H]1C(=CC[C@@H]3C(=O)N(c4cc(C(F)(F)F)cc(C(F)(F)F)c4)C(=O)[C@@H]31)[C@@H]2c1ccc(OCCO)cc1. The second-order valence-corrected chi connectivity index (χ2v) is 13.4. The predicted molar refractivity (Wildman–Crippen MR) is 169 cm³/mol. The molecule has 7 rings (SSSR count). The fourth-order valence-electron chi connectivity index (χ4n) is 8.46. The predicted octanol–water partition coefficient (Wildman–Crippen LogP) is 6.53. The summed E-state index contributed by atoms with van der Waals surface area (Å²) in [6, 6.07) is 15.6. The molecule has 51 heavy (non-hydrogen) atoms. The Morgan fingerprint density at radius 3 is 2.00 bits per heavy atom. The summed E-state index contributed by atoms with van der Waals surface area (Å²) in [7, 11) is 0. The molecule has 8 nitrogen and oxygen atoms in total. The molecule has 2 saturated heterocycles. The number of nitrogens with zero attached hydrogens (tertiary/aromatic N) is 2. The lowest BCUT2D eigenvalue weighted by Crippen LogP contribution is -2.48. The zero-order valence-corrected chi connectivity index (χ0v) is 26.9. The van der Waals surface area contributed by atoms with E-state index < -0.39 is 87.8 Å². The number of aliphatic hydroxyl groups excluding tert-OH is 1. The van der Waals surface area contributed by atoms with Crippen molar-refractivity contribution in [2.45, 2.75) is 38.0 Å². The molecule has 1 saturated carbocycles.